The van der Waals surface area contributed by atoms with Gasteiger partial charge in [-0.05, 0) is 43.2 Å². The van der Waals surface area contributed by atoms with Crippen molar-refractivity contribution in [2.24, 2.45) is 11.8 Å². The Morgan fingerprint density at radius 2 is 2.22 bits per heavy atom. The summed E-state index contributed by atoms with van der Waals surface area (Å²) in [4.78, 5) is 15.0. The van der Waals surface area contributed by atoms with Gasteiger partial charge >= 0.3 is 5.97 Å². The van der Waals surface area contributed by atoms with Crippen molar-refractivity contribution in [2.75, 3.05) is 5.32 Å². The van der Waals surface area contributed by atoms with Crippen LogP contribution in [0.1, 0.15) is 36.2 Å². The summed E-state index contributed by atoms with van der Waals surface area (Å²) in [6.07, 6.45) is 5.10. The van der Waals surface area contributed by atoms with E-state index in [0.717, 1.165) is 11.8 Å². The SMILES string of the molecule is O=C(O)c1nc(NC2CC3CCC2C3)ccc1Cl. The van der Waals surface area contributed by atoms with Gasteiger partial charge in [-0.15, -0.1) is 0 Å². The van der Waals surface area contributed by atoms with Gasteiger partial charge in [-0.3, -0.25) is 0 Å². The van der Waals surface area contributed by atoms with Crippen LogP contribution >= 0.6 is 11.6 Å². The molecule has 0 amide bonds. The Balaban J connectivity index is 1.77. The van der Waals surface area contributed by atoms with Crippen molar-refractivity contribution in [2.45, 2.75) is 31.7 Å². The highest BCUT2D eigenvalue weighted by Crippen LogP contribution is 2.45. The number of aromatic carboxylic acids is 1. The summed E-state index contributed by atoms with van der Waals surface area (Å²) < 4.78 is 0. The van der Waals surface area contributed by atoms with Crippen molar-refractivity contribution in [1.29, 1.82) is 0 Å². The number of pyridine rings is 1. The third kappa shape index (κ3) is 2.05. The molecular weight excluding hydrogens is 252 g/mol. The van der Waals surface area contributed by atoms with E-state index in [9.17, 15) is 4.79 Å². The fourth-order valence-corrected chi connectivity index (χ4v) is 3.47. The first-order valence-corrected chi connectivity index (χ1v) is 6.67. The van der Waals surface area contributed by atoms with Crippen molar-refractivity contribution in [3.63, 3.8) is 0 Å². The molecule has 0 saturated heterocycles. The summed E-state index contributed by atoms with van der Waals surface area (Å²) in [5.41, 5.74) is -0.0789. The monoisotopic (exact) mass is 266 g/mol. The Labute approximate surface area is 110 Å². The van der Waals surface area contributed by atoms with Crippen LogP contribution in [0.15, 0.2) is 12.1 Å². The average Bonchev–Trinajstić information content (AvgIpc) is 2.93. The van der Waals surface area contributed by atoms with Gasteiger partial charge in [0.1, 0.15) is 5.82 Å². The Hall–Kier alpha value is -1.29. The number of hydrogen-bond donors (Lipinski definition) is 2. The van der Waals surface area contributed by atoms with Crippen molar-refractivity contribution in [3.8, 4) is 0 Å². The molecule has 1 heterocycles. The molecule has 96 valence electrons. The minimum Gasteiger partial charge on any atom is -0.476 e. The summed E-state index contributed by atoms with van der Waals surface area (Å²) in [6, 6.07) is 3.79. The second-order valence-corrected chi connectivity index (χ2v) is 5.66. The van der Waals surface area contributed by atoms with E-state index in [1.54, 1.807) is 12.1 Å². The lowest BCUT2D eigenvalue weighted by atomic mass is 9.95. The number of nitrogens with zero attached hydrogens (tertiary/aromatic N) is 1. The molecule has 2 N–H and O–H groups in total. The summed E-state index contributed by atoms with van der Waals surface area (Å²) in [5, 5.41) is 12.5. The predicted molar refractivity (Wildman–Crippen MR) is 69.1 cm³/mol. The van der Waals surface area contributed by atoms with E-state index < -0.39 is 5.97 Å². The molecule has 0 aromatic carbocycles. The highest BCUT2D eigenvalue weighted by Gasteiger charge is 2.39. The zero-order valence-electron chi connectivity index (χ0n) is 9.90. The lowest BCUT2D eigenvalue weighted by Crippen LogP contribution is -2.26. The average molecular weight is 267 g/mol. The number of carbonyl (C=O) groups is 1. The van der Waals surface area contributed by atoms with Crippen LogP contribution in [0, 0.1) is 11.8 Å². The topological polar surface area (TPSA) is 62.2 Å². The van der Waals surface area contributed by atoms with Crippen molar-refractivity contribution < 1.29 is 9.90 Å². The molecule has 3 unspecified atom stereocenters. The molecule has 2 aliphatic rings. The zero-order chi connectivity index (χ0) is 12.7. The van der Waals surface area contributed by atoms with Gasteiger partial charge in [-0.2, -0.15) is 0 Å². The Kier molecular flexibility index (Phi) is 2.90. The maximum absolute atomic E-state index is 11.0. The lowest BCUT2D eigenvalue weighted by molar-refractivity contribution is 0.0691. The molecule has 2 saturated carbocycles. The maximum Gasteiger partial charge on any atom is 0.356 e. The van der Waals surface area contributed by atoms with E-state index in [1.165, 1.54) is 25.7 Å². The smallest absolute Gasteiger partial charge is 0.356 e. The fourth-order valence-electron chi connectivity index (χ4n) is 3.28. The van der Waals surface area contributed by atoms with Crippen LogP contribution in [0.3, 0.4) is 0 Å². The van der Waals surface area contributed by atoms with Gasteiger partial charge in [0.05, 0.1) is 5.02 Å². The van der Waals surface area contributed by atoms with Gasteiger partial charge in [-0.1, -0.05) is 18.0 Å². The number of hydrogen-bond acceptors (Lipinski definition) is 3. The first-order valence-electron chi connectivity index (χ1n) is 6.30. The molecule has 2 bridgehead atoms. The van der Waals surface area contributed by atoms with Gasteiger partial charge in [-0.25, -0.2) is 9.78 Å². The summed E-state index contributed by atoms with van der Waals surface area (Å²) in [5.74, 6) is 1.10. The minimum absolute atomic E-state index is 0.0789. The minimum atomic E-state index is -1.09. The van der Waals surface area contributed by atoms with Gasteiger partial charge < -0.3 is 10.4 Å². The second kappa shape index (κ2) is 4.43. The summed E-state index contributed by atoms with van der Waals surface area (Å²) in [6.45, 7) is 0. The first kappa shape index (κ1) is 11.8. The molecule has 3 atom stereocenters. The molecule has 2 fully saturated rings. The number of carboxylic acids is 1. The Bertz CT molecular complexity index is 492. The predicted octanol–water partition coefficient (Wildman–Crippen LogP) is 3.03. The van der Waals surface area contributed by atoms with Crippen LogP contribution in [0.2, 0.25) is 5.02 Å². The van der Waals surface area contributed by atoms with Crippen molar-refractivity contribution >= 4 is 23.4 Å². The van der Waals surface area contributed by atoms with E-state index in [0.29, 0.717) is 11.9 Å². The lowest BCUT2D eigenvalue weighted by Gasteiger charge is -2.23. The van der Waals surface area contributed by atoms with Crippen molar-refractivity contribution in [1.82, 2.24) is 4.98 Å². The zero-order valence-corrected chi connectivity index (χ0v) is 10.7. The van der Waals surface area contributed by atoms with E-state index in [1.807, 2.05) is 0 Å². The van der Waals surface area contributed by atoms with Gasteiger partial charge in [0, 0.05) is 6.04 Å². The van der Waals surface area contributed by atoms with Crippen LogP contribution < -0.4 is 5.32 Å². The van der Waals surface area contributed by atoms with E-state index in [-0.39, 0.29) is 10.7 Å². The van der Waals surface area contributed by atoms with Gasteiger partial charge in [0.25, 0.3) is 0 Å². The van der Waals surface area contributed by atoms with E-state index >= 15 is 0 Å². The third-order valence-corrected chi connectivity index (χ3v) is 4.42. The standard InChI is InChI=1S/C13H15ClN2O2/c14-9-3-4-11(16-12(9)13(17)18)15-10-6-7-1-2-8(10)5-7/h3-4,7-8,10H,1-2,5-6H2,(H,15,16)(H,17,18). The molecule has 3 rings (SSSR count). The van der Waals surface area contributed by atoms with Crippen LogP contribution in [0.5, 0.6) is 0 Å². The van der Waals surface area contributed by atoms with Crippen LogP contribution in [0.4, 0.5) is 5.82 Å². The van der Waals surface area contributed by atoms with Gasteiger partial charge in [0.2, 0.25) is 0 Å². The normalized spacial score (nSPS) is 29.5. The molecule has 2 aliphatic carbocycles. The third-order valence-electron chi connectivity index (χ3n) is 4.12. The van der Waals surface area contributed by atoms with Crippen LogP contribution in [0.25, 0.3) is 0 Å². The molecule has 0 aliphatic heterocycles. The largest absolute Gasteiger partial charge is 0.476 e. The summed E-state index contributed by atoms with van der Waals surface area (Å²) in [7, 11) is 0. The fraction of sp³-hybridized carbons (Fsp3) is 0.538. The number of aromatic nitrogens is 1. The number of nitrogens with one attached hydrogen (secondary N) is 1. The Morgan fingerprint density at radius 3 is 2.83 bits per heavy atom. The van der Waals surface area contributed by atoms with Crippen LogP contribution in [-0.4, -0.2) is 22.1 Å². The number of halogens is 1. The molecule has 18 heavy (non-hydrogen) atoms. The van der Waals surface area contributed by atoms with Crippen LogP contribution in [-0.2, 0) is 0 Å². The molecule has 1 aromatic heterocycles. The van der Waals surface area contributed by atoms with E-state index in [4.69, 9.17) is 16.7 Å². The molecule has 0 spiro atoms. The number of rotatable bonds is 3. The Morgan fingerprint density at radius 1 is 1.39 bits per heavy atom. The first-order chi connectivity index (χ1) is 8.63. The highest BCUT2D eigenvalue weighted by molar-refractivity contribution is 6.33. The molecular formula is C13H15ClN2O2. The number of anilines is 1. The van der Waals surface area contributed by atoms with Crippen molar-refractivity contribution in [3.05, 3.63) is 22.8 Å². The van der Waals surface area contributed by atoms with Gasteiger partial charge in [0.15, 0.2) is 5.69 Å². The number of fused-ring (bicyclic) bond motifs is 2. The van der Waals surface area contributed by atoms with E-state index in [2.05, 4.69) is 10.3 Å². The second-order valence-electron chi connectivity index (χ2n) is 5.26. The number of carboxylic acid groups (broad SMARTS) is 1. The molecule has 4 nitrogen and oxygen atoms in total. The highest BCUT2D eigenvalue weighted by atomic mass is 35.5. The summed E-state index contributed by atoms with van der Waals surface area (Å²) >= 11 is 5.80. The molecule has 5 heteroatoms. The molecule has 1 aromatic rings. The molecule has 0 radical (unpaired) electrons. The maximum atomic E-state index is 11.0. The quantitative estimate of drug-likeness (QED) is 0.883.